The molecule has 0 bridgehead atoms. The fourth-order valence-corrected chi connectivity index (χ4v) is 2.71. The molecule has 2 heterocycles. The van der Waals surface area contributed by atoms with Gasteiger partial charge in [-0.3, -0.25) is 4.79 Å². The molecule has 0 spiro atoms. The lowest BCUT2D eigenvalue weighted by Crippen LogP contribution is -2.51. The Hall–Kier alpha value is -0.610. The first-order chi connectivity index (χ1) is 7.68. The molecule has 1 amide bonds. The maximum absolute atomic E-state index is 12.3. The number of piperidine rings is 1. The number of ether oxygens (including phenoxy) is 1. The van der Waals surface area contributed by atoms with Crippen LogP contribution in [0, 0.1) is 5.92 Å². The molecule has 92 valence electrons. The number of likely N-dealkylation sites (tertiary alicyclic amines) is 1. The van der Waals surface area contributed by atoms with E-state index >= 15 is 0 Å². The van der Waals surface area contributed by atoms with E-state index in [0.29, 0.717) is 6.61 Å². The van der Waals surface area contributed by atoms with E-state index in [4.69, 9.17) is 10.5 Å². The second-order valence-electron chi connectivity index (χ2n) is 5.08. The van der Waals surface area contributed by atoms with Crippen molar-refractivity contribution in [2.24, 2.45) is 11.7 Å². The van der Waals surface area contributed by atoms with Crippen LogP contribution in [0.5, 0.6) is 0 Å². The number of carbonyl (C=O) groups excluding carboxylic acids is 1. The minimum absolute atomic E-state index is 0.0884. The molecule has 2 saturated heterocycles. The van der Waals surface area contributed by atoms with Crippen molar-refractivity contribution in [2.75, 3.05) is 19.8 Å². The topological polar surface area (TPSA) is 55.6 Å². The lowest BCUT2D eigenvalue weighted by molar-refractivity contribution is -0.143. The van der Waals surface area contributed by atoms with Crippen LogP contribution in [0.3, 0.4) is 0 Å². The zero-order valence-electron chi connectivity index (χ0n) is 10.0. The van der Waals surface area contributed by atoms with Crippen molar-refractivity contribution < 1.29 is 9.53 Å². The Balaban J connectivity index is 1.92. The van der Waals surface area contributed by atoms with E-state index < -0.39 is 0 Å². The second kappa shape index (κ2) is 5.15. The van der Waals surface area contributed by atoms with Gasteiger partial charge in [-0.15, -0.1) is 0 Å². The van der Waals surface area contributed by atoms with E-state index in [2.05, 4.69) is 6.92 Å². The monoisotopic (exact) mass is 226 g/mol. The molecular weight excluding hydrogens is 204 g/mol. The first-order valence-corrected chi connectivity index (χ1v) is 6.32. The maximum Gasteiger partial charge on any atom is 0.228 e. The van der Waals surface area contributed by atoms with Gasteiger partial charge in [-0.05, 0) is 32.6 Å². The standard InChI is InChI=1S/C12H22N2O2/c1-9-7-11(13)4-5-14(9)12(15)10-3-2-6-16-8-10/h9-11H,2-8,13H2,1H3. The van der Waals surface area contributed by atoms with Crippen LogP contribution in [0.1, 0.15) is 32.6 Å². The van der Waals surface area contributed by atoms with Gasteiger partial charge in [0.1, 0.15) is 0 Å². The molecule has 4 nitrogen and oxygen atoms in total. The van der Waals surface area contributed by atoms with Crippen LogP contribution in [0.2, 0.25) is 0 Å². The van der Waals surface area contributed by atoms with Crippen molar-refractivity contribution in [1.82, 2.24) is 4.90 Å². The smallest absolute Gasteiger partial charge is 0.228 e. The van der Waals surface area contributed by atoms with Crippen molar-refractivity contribution >= 4 is 5.91 Å². The minimum Gasteiger partial charge on any atom is -0.381 e. The normalized spacial score (nSPS) is 36.1. The number of nitrogens with zero attached hydrogens (tertiary/aromatic N) is 1. The Labute approximate surface area is 97.1 Å². The summed E-state index contributed by atoms with van der Waals surface area (Å²) in [5, 5.41) is 0. The van der Waals surface area contributed by atoms with Gasteiger partial charge in [-0.1, -0.05) is 0 Å². The number of amides is 1. The van der Waals surface area contributed by atoms with E-state index in [1.54, 1.807) is 0 Å². The van der Waals surface area contributed by atoms with Crippen molar-refractivity contribution in [3.8, 4) is 0 Å². The fraction of sp³-hybridized carbons (Fsp3) is 0.917. The number of carbonyl (C=O) groups is 1. The molecule has 2 aliphatic rings. The van der Waals surface area contributed by atoms with Gasteiger partial charge in [0, 0.05) is 25.2 Å². The summed E-state index contributed by atoms with van der Waals surface area (Å²) in [6.45, 7) is 4.33. The zero-order valence-corrected chi connectivity index (χ0v) is 10.0. The summed E-state index contributed by atoms with van der Waals surface area (Å²) in [5.41, 5.74) is 5.90. The lowest BCUT2D eigenvalue weighted by atomic mass is 9.94. The Morgan fingerprint density at radius 2 is 2.25 bits per heavy atom. The van der Waals surface area contributed by atoms with E-state index in [1.807, 2.05) is 4.90 Å². The molecule has 0 aromatic heterocycles. The van der Waals surface area contributed by atoms with Crippen molar-refractivity contribution in [2.45, 2.75) is 44.7 Å². The van der Waals surface area contributed by atoms with Gasteiger partial charge in [0.2, 0.25) is 5.91 Å². The molecule has 16 heavy (non-hydrogen) atoms. The SMILES string of the molecule is CC1CC(N)CCN1C(=O)C1CCCOC1. The van der Waals surface area contributed by atoms with Gasteiger partial charge in [0.05, 0.1) is 12.5 Å². The van der Waals surface area contributed by atoms with E-state index in [-0.39, 0.29) is 23.9 Å². The molecule has 2 rings (SSSR count). The summed E-state index contributed by atoms with van der Waals surface area (Å²) in [7, 11) is 0. The third kappa shape index (κ3) is 2.55. The Kier molecular flexibility index (Phi) is 3.82. The first kappa shape index (κ1) is 11.9. The van der Waals surface area contributed by atoms with Crippen molar-refractivity contribution in [3.63, 3.8) is 0 Å². The van der Waals surface area contributed by atoms with E-state index in [1.165, 1.54) is 0 Å². The molecule has 2 fully saturated rings. The highest BCUT2D eigenvalue weighted by Gasteiger charge is 2.32. The summed E-state index contributed by atoms with van der Waals surface area (Å²) in [6, 6.07) is 0.555. The molecule has 0 aromatic carbocycles. The Bertz CT molecular complexity index is 251. The highest BCUT2D eigenvalue weighted by molar-refractivity contribution is 5.79. The molecule has 2 aliphatic heterocycles. The minimum atomic E-state index is 0.0884. The predicted molar refractivity (Wildman–Crippen MR) is 61.9 cm³/mol. The highest BCUT2D eigenvalue weighted by atomic mass is 16.5. The molecule has 2 N–H and O–H groups in total. The molecule has 3 unspecified atom stereocenters. The molecule has 0 aliphatic carbocycles. The predicted octanol–water partition coefficient (Wildman–Crippen LogP) is 0.751. The summed E-state index contributed by atoms with van der Waals surface area (Å²) in [6.07, 6.45) is 3.86. The van der Waals surface area contributed by atoms with Gasteiger partial charge < -0.3 is 15.4 Å². The van der Waals surface area contributed by atoms with Crippen LogP contribution in [-0.4, -0.2) is 42.6 Å². The van der Waals surface area contributed by atoms with Crippen LogP contribution >= 0.6 is 0 Å². The molecule has 4 heteroatoms. The molecule has 3 atom stereocenters. The average Bonchev–Trinajstić information content (AvgIpc) is 2.29. The van der Waals surface area contributed by atoms with Crippen molar-refractivity contribution in [1.29, 1.82) is 0 Å². The van der Waals surface area contributed by atoms with Gasteiger partial charge in [-0.25, -0.2) is 0 Å². The molecular formula is C12H22N2O2. The van der Waals surface area contributed by atoms with Crippen molar-refractivity contribution in [3.05, 3.63) is 0 Å². The van der Waals surface area contributed by atoms with Crippen LogP contribution in [0.15, 0.2) is 0 Å². The largest absolute Gasteiger partial charge is 0.381 e. The molecule has 0 aromatic rings. The Morgan fingerprint density at radius 1 is 1.44 bits per heavy atom. The van der Waals surface area contributed by atoms with Gasteiger partial charge in [0.25, 0.3) is 0 Å². The summed E-state index contributed by atoms with van der Waals surface area (Å²) < 4.78 is 5.38. The van der Waals surface area contributed by atoms with Crippen LogP contribution < -0.4 is 5.73 Å². The number of hydrogen-bond donors (Lipinski definition) is 1. The van der Waals surface area contributed by atoms with Gasteiger partial charge in [-0.2, -0.15) is 0 Å². The van der Waals surface area contributed by atoms with Gasteiger partial charge in [0.15, 0.2) is 0 Å². The highest BCUT2D eigenvalue weighted by Crippen LogP contribution is 2.22. The fourth-order valence-electron chi connectivity index (χ4n) is 2.71. The first-order valence-electron chi connectivity index (χ1n) is 6.32. The number of nitrogens with two attached hydrogens (primary N) is 1. The van der Waals surface area contributed by atoms with Crippen LogP contribution in [0.25, 0.3) is 0 Å². The average molecular weight is 226 g/mol. The number of hydrogen-bond acceptors (Lipinski definition) is 3. The lowest BCUT2D eigenvalue weighted by Gasteiger charge is -2.39. The van der Waals surface area contributed by atoms with E-state index in [0.717, 1.165) is 38.8 Å². The third-order valence-corrected chi connectivity index (χ3v) is 3.71. The second-order valence-corrected chi connectivity index (χ2v) is 5.08. The van der Waals surface area contributed by atoms with Crippen LogP contribution in [-0.2, 0) is 9.53 Å². The quantitative estimate of drug-likeness (QED) is 0.718. The maximum atomic E-state index is 12.3. The molecule has 0 radical (unpaired) electrons. The zero-order chi connectivity index (χ0) is 11.5. The summed E-state index contributed by atoms with van der Waals surface area (Å²) in [4.78, 5) is 14.3. The summed E-state index contributed by atoms with van der Waals surface area (Å²) in [5.74, 6) is 0.365. The molecule has 0 saturated carbocycles. The van der Waals surface area contributed by atoms with E-state index in [9.17, 15) is 4.79 Å². The van der Waals surface area contributed by atoms with Gasteiger partial charge >= 0.3 is 0 Å². The third-order valence-electron chi connectivity index (χ3n) is 3.71. The summed E-state index contributed by atoms with van der Waals surface area (Å²) >= 11 is 0. The van der Waals surface area contributed by atoms with Crippen LogP contribution in [0.4, 0.5) is 0 Å². The Morgan fingerprint density at radius 3 is 2.88 bits per heavy atom. The number of rotatable bonds is 1.